The molecule has 2 heteroatoms. The van der Waals surface area contributed by atoms with E-state index in [1.807, 2.05) is 84.2 Å². The summed E-state index contributed by atoms with van der Waals surface area (Å²) in [7, 11) is 1.00. The van der Waals surface area contributed by atoms with Crippen molar-refractivity contribution in [2.75, 3.05) is 7.11 Å². The number of benzene rings is 2. The lowest BCUT2D eigenvalue weighted by Crippen LogP contribution is -1.83. The number of hydrogen-bond acceptors (Lipinski definition) is 2. The van der Waals surface area contributed by atoms with Gasteiger partial charge in [-0.05, 0) is 11.1 Å². The number of aliphatic imine (C=N–C) groups is 1. The lowest BCUT2D eigenvalue weighted by atomic mass is 10.2. The van der Waals surface area contributed by atoms with Crippen molar-refractivity contribution in [1.82, 2.24) is 0 Å². The summed E-state index contributed by atoms with van der Waals surface area (Å²) in [6.07, 6.45) is 1.91. The normalized spacial score (nSPS) is 8.00. The van der Waals surface area contributed by atoms with Crippen molar-refractivity contribution in [1.29, 1.82) is 0 Å². The summed E-state index contributed by atoms with van der Waals surface area (Å²) in [4.78, 5) is 4.39. The van der Waals surface area contributed by atoms with Crippen molar-refractivity contribution >= 4 is 6.21 Å². The van der Waals surface area contributed by atoms with Crippen LogP contribution in [0.2, 0.25) is 0 Å². The summed E-state index contributed by atoms with van der Waals surface area (Å²) < 4.78 is 0. The average molecular weight is 318 g/mol. The first-order chi connectivity index (χ1) is 11.4. The van der Waals surface area contributed by atoms with E-state index in [0.717, 1.165) is 19.2 Å². The number of nitrogens with zero attached hydrogens (tertiary/aromatic N) is 1. The monoisotopic (exact) mass is 317 g/mol. The molecule has 2 nitrogen and oxygen atoms in total. The molecular formula is C21H35NO. The van der Waals surface area contributed by atoms with Crippen LogP contribution in [0.3, 0.4) is 0 Å². The summed E-state index contributed by atoms with van der Waals surface area (Å²) in [5.74, 6) is 0. The van der Waals surface area contributed by atoms with Gasteiger partial charge in [-0.15, -0.1) is 0 Å². The van der Waals surface area contributed by atoms with Gasteiger partial charge in [0.15, 0.2) is 0 Å². The minimum absolute atomic E-state index is 0.746. The van der Waals surface area contributed by atoms with Crippen LogP contribution in [0, 0.1) is 0 Å². The van der Waals surface area contributed by atoms with Crippen LogP contribution in [0.15, 0.2) is 65.7 Å². The van der Waals surface area contributed by atoms with Crippen molar-refractivity contribution in [2.24, 2.45) is 4.99 Å². The molecule has 2 aromatic carbocycles. The van der Waals surface area contributed by atoms with Crippen LogP contribution < -0.4 is 0 Å². The van der Waals surface area contributed by atoms with E-state index in [0.29, 0.717) is 0 Å². The third kappa shape index (κ3) is 16.3. The summed E-state index contributed by atoms with van der Waals surface area (Å²) in [6, 6.07) is 20.4. The Morgan fingerprint density at radius 2 is 1.09 bits per heavy atom. The quantitative estimate of drug-likeness (QED) is 0.693. The molecule has 130 valence electrons. The smallest absolute Gasteiger partial charge is 0.0639 e. The Labute approximate surface area is 143 Å². The van der Waals surface area contributed by atoms with Gasteiger partial charge in [0, 0.05) is 13.3 Å². The SMILES string of the molecule is C(=NCc1ccccc1)c1ccccc1.CC.CC.CC.CO. The Hall–Kier alpha value is -1.93. The Balaban J connectivity index is -0.000000438. The number of rotatable bonds is 3. The summed E-state index contributed by atoms with van der Waals surface area (Å²) in [5, 5.41) is 7.00. The third-order valence-corrected chi connectivity index (χ3v) is 2.16. The first-order valence-electron chi connectivity index (χ1n) is 8.49. The van der Waals surface area contributed by atoms with Gasteiger partial charge in [-0.3, -0.25) is 4.99 Å². The van der Waals surface area contributed by atoms with Gasteiger partial charge in [-0.2, -0.15) is 0 Å². The highest BCUT2D eigenvalue weighted by molar-refractivity contribution is 5.79. The first kappa shape index (κ1) is 26.0. The molecule has 1 N–H and O–H groups in total. The van der Waals surface area contributed by atoms with E-state index in [4.69, 9.17) is 5.11 Å². The zero-order valence-electron chi connectivity index (χ0n) is 16.0. The van der Waals surface area contributed by atoms with E-state index in [-0.39, 0.29) is 0 Å². The fraction of sp³-hybridized carbons (Fsp3) is 0.381. The predicted octanol–water partition coefficient (Wildman–Crippen LogP) is 5.99. The molecule has 0 amide bonds. The van der Waals surface area contributed by atoms with Gasteiger partial charge in [0.25, 0.3) is 0 Å². The molecule has 0 spiro atoms. The molecule has 0 aromatic heterocycles. The third-order valence-electron chi connectivity index (χ3n) is 2.16. The Morgan fingerprint density at radius 1 is 0.696 bits per heavy atom. The molecular weight excluding hydrogens is 282 g/mol. The standard InChI is InChI=1S/C14H13N.3C2H6.CH4O/c1-3-7-13(8-4-1)11-15-12-14-9-5-2-6-10-14;4*1-2/h1-11H,12H2;3*1-2H3;2H,1H3. The van der Waals surface area contributed by atoms with Gasteiger partial charge in [0.1, 0.15) is 0 Å². The second kappa shape index (κ2) is 25.0. The van der Waals surface area contributed by atoms with Crippen LogP contribution in [-0.2, 0) is 6.54 Å². The van der Waals surface area contributed by atoms with Crippen LogP contribution in [0.5, 0.6) is 0 Å². The van der Waals surface area contributed by atoms with E-state index >= 15 is 0 Å². The number of aliphatic hydroxyl groups is 1. The molecule has 0 aliphatic carbocycles. The molecule has 0 aliphatic rings. The van der Waals surface area contributed by atoms with Gasteiger partial charge in [-0.25, -0.2) is 0 Å². The molecule has 0 unspecified atom stereocenters. The lowest BCUT2D eigenvalue weighted by molar-refractivity contribution is 0.399. The maximum Gasteiger partial charge on any atom is 0.0639 e. The highest BCUT2D eigenvalue weighted by atomic mass is 16.2. The summed E-state index contributed by atoms with van der Waals surface area (Å²) in [5.41, 5.74) is 2.39. The molecule has 2 rings (SSSR count). The van der Waals surface area contributed by atoms with E-state index < -0.39 is 0 Å². The molecule has 0 radical (unpaired) electrons. The van der Waals surface area contributed by atoms with Crippen molar-refractivity contribution in [3.63, 3.8) is 0 Å². The molecule has 0 saturated carbocycles. The zero-order valence-corrected chi connectivity index (χ0v) is 16.0. The first-order valence-corrected chi connectivity index (χ1v) is 8.49. The van der Waals surface area contributed by atoms with Crippen molar-refractivity contribution in [3.05, 3.63) is 71.8 Å². The predicted molar refractivity (Wildman–Crippen MR) is 106 cm³/mol. The van der Waals surface area contributed by atoms with Gasteiger partial charge >= 0.3 is 0 Å². The molecule has 2 aromatic rings. The van der Waals surface area contributed by atoms with Crippen LogP contribution >= 0.6 is 0 Å². The van der Waals surface area contributed by atoms with E-state index in [2.05, 4.69) is 29.3 Å². The lowest BCUT2D eigenvalue weighted by Gasteiger charge is -1.94. The van der Waals surface area contributed by atoms with Gasteiger partial charge in [0.05, 0.1) is 6.54 Å². The van der Waals surface area contributed by atoms with Crippen LogP contribution in [0.4, 0.5) is 0 Å². The Morgan fingerprint density at radius 3 is 1.52 bits per heavy atom. The summed E-state index contributed by atoms with van der Waals surface area (Å²) >= 11 is 0. The van der Waals surface area contributed by atoms with Crippen molar-refractivity contribution < 1.29 is 5.11 Å². The van der Waals surface area contributed by atoms with E-state index in [1.54, 1.807) is 0 Å². The van der Waals surface area contributed by atoms with Crippen molar-refractivity contribution in [3.8, 4) is 0 Å². The molecule has 23 heavy (non-hydrogen) atoms. The molecule has 0 bridgehead atoms. The van der Waals surface area contributed by atoms with Gasteiger partial charge in [0.2, 0.25) is 0 Å². The fourth-order valence-corrected chi connectivity index (χ4v) is 1.38. The fourth-order valence-electron chi connectivity index (χ4n) is 1.38. The Bertz CT molecular complexity index is 424. The molecule has 0 saturated heterocycles. The minimum Gasteiger partial charge on any atom is -0.400 e. The number of hydrogen-bond donors (Lipinski definition) is 1. The van der Waals surface area contributed by atoms with Gasteiger partial charge < -0.3 is 5.11 Å². The van der Waals surface area contributed by atoms with Crippen LogP contribution in [0.1, 0.15) is 52.7 Å². The zero-order chi connectivity index (χ0) is 18.3. The van der Waals surface area contributed by atoms with Crippen LogP contribution in [-0.4, -0.2) is 18.4 Å². The van der Waals surface area contributed by atoms with E-state index in [9.17, 15) is 0 Å². The topological polar surface area (TPSA) is 32.6 Å². The molecule has 0 aliphatic heterocycles. The molecule has 0 atom stereocenters. The van der Waals surface area contributed by atoms with E-state index in [1.165, 1.54) is 5.56 Å². The highest BCUT2D eigenvalue weighted by Gasteiger charge is 1.87. The second-order valence-corrected chi connectivity index (χ2v) is 3.37. The Kier molecular flexibility index (Phi) is 28.3. The minimum atomic E-state index is 0.746. The molecule has 0 heterocycles. The average Bonchev–Trinajstić information content (AvgIpc) is 2.70. The second-order valence-electron chi connectivity index (χ2n) is 3.37. The maximum atomic E-state index is 7.00. The van der Waals surface area contributed by atoms with Crippen molar-refractivity contribution in [2.45, 2.75) is 48.1 Å². The van der Waals surface area contributed by atoms with Crippen LogP contribution in [0.25, 0.3) is 0 Å². The number of aliphatic hydroxyl groups excluding tert-OH is 1. The highest BCUT2D eigenvalue weighted by Crippen LogP contribution is 2.00. The molecule has 0 fully saturated rings. The van der Waals surface area contributed by atoms with Gasteiger partial charge in [-0.1, -0.05) is 102 Å². The summed E-state index contributed by atoms with van der Waals surface area (Å²) in [6.45, 7) is 12.7. The maximum absolute atomic E-state index is 7.00. The largest absolute Gasteiger partial charge is 0.400 e.